The molecular weight excluding hydrogens is 321 g/mol. The Morgan fingerprint density at radius 2 is 1.56 bits per heavy atom. The van der Waals surface area contributed by atoms with E-state index in [2.05, 4.69) is 12.1 Å². The van der Waals surface area contributed by atoms with E-state index in [0.29, 0.717) is 24.9 Å². The zero-order chi connectivity index (χ0) is 17.7. The molecular formula is C20H24FNO3. The van der Waals surface area contributed by atoms with Gasteiger partial charge < -0.3 is 20.3 Å². The second-order valence-corrected chi connectivity index (χ2v) is 6.68. The third-order valence-corrected chi connectivity index (χ3v) is 4.74. The Morgan fingerprint density at radius 3 is 2.08 bits per heavy atom. The monoisotopic (exact) mass is 345 g/mol. The van der Waals surface area contributed by atoms with Crippen LogP contribution in [0.15, 0.2) is 48.5 Å². The third kappa shape index (κ3) is 4.71. The standard InChI is InChI=1S/C20H24FNO3/c21-17-3-7-19(8-4-17)25-12-11-24-18-5-1-15(2-6-18)16-9-10-20(22,13-16)14-23/h1-8,16,23H,9-14,22H2/t16-,20+/m1/s1. The zero-order valence-corrected chi connectivity index (χ0v) is 14.2. The van der Waals surface area contributed by atoms with Crippen molar-refractivity contribution in [3.63, 3.8) is 0 Å². The lowest BCUT2D eigenvalue weighted by Crippen LogP contribution is -2.40. The summed E-state index contributed by atoms with van der Waals surface area (Å²) in [6.45, 7) is 0.845. The minimum absolute atomic E-state index is 0.0404. The van der Waals surface area contributed by atoms with Gasteiger partial charge in [0.15, 0.2) is 0 Å². The van der Waals surface area contributed by atoms with E-state index in [1.807, 2.05) is 12.1 Å². The van der Waals surface area contributed by atoms with Crippen LogP contribution in [0.3, 0.4) is 0 Å². The lowest BCUT2D eigenvalue weighted by atomic mass is 9.94. The summed E-state index contributed by atoms with van der Waals surface area (Å²) in [6.07, 6.45) is 2.67. The molecule has 5 heteroatoms. The molecule has 3 N–H and O–H groups in total. The Morgan fingerprint density at radius 1 is 1.00 bits per heavy atom. The van der Waals surface area contributed by atoms with E-state index in [4.69, 9.17) is 15.2 Å². The van der Waals surface area contributed by atoms with Gasteiger partial charge in [-0.15, -0.1) is 0 Å². The van der Waals surface area contributed by atoms with Crippen molar-refractivity contribution in [1.29, 1.82) is 0 Å². The van der Waals surface area contributed by atoms with Crippen LogP contribution in [-0.4, -0.2) is 30.5 Å². The molecule has 134 valence electrons. The van der Waals surface area contributed by atoms with Crippen LogP contribution in [0.25, 0.3) is 0 Å². The molecule has 0 unspecified atom stereocenters. The van der Waals surface area contributed by atoms with Gasteiger partial charge in [-0.1, -0.05) is 12.1 Å². The zero-order valence-electron chi connectivity index (χ0n) is 14.2. The van der Waals surface area contributed by atoms with E-state index in [1.54, 1.807) is 12.1 Å². The molecule has 0 bridgehead atoms. The summed E-state index contributed by atoms with van der Waals surface area (Å²) in [5.41, 5.74) is 6.94. The van der Waals surface area contributed by atoms with E-state index in [9.17, 15) is 9.50 Å². The van der Waals surface area contributed by atoms with Crippen LogP contribution in [0.2, 0.25) is 0 Å². The molecule has 0 amide bonds. The van der Waals surface area contributed by atoms with Crippen molar-refractivity contribution >= 4 is 0 Å². The summed E-state index contributed by atoms with van der Waals surface area (Å²) in [5.74, 6) is 1.52. The van der Waals surface area contributed by atoms with Gasteiger partial charge in [0, 0.05) is 5.54 Å². The highest BCUT2D eigenvalue weighted by molar-refractivity contribution is 5.30. The van der Waals surface area contributed by atoms with Crippen molar-refractivity contribution in [2.75, 3.05) is 19.8 Å². The van der Waals surface area contributed by atoms with Crippen LogP contribution < -0.4 is 15.2 Å². The predicted octanol–water partition coefficient (Wildman–Crippen LogP) is 3.24. The van der Waals surface area contributed by atoms with Crippen molar-refractivity contribution in [2.45, 2.75) is 30.7 Å². The van der Waals surface area contributed by atoms with E-state index < -0.39 is 5.54 Å². The molecule has 0 radical (unpaired) electrons. The average molecular weight is 345 g/mol. The Kier molecular flexibility index (Phi) is 5.56. The van der Waals surface area contributed by atoms with Gasteiger partial charge in [-0.25, -0.2) is 4.39 Å². The van der Waals surface area contributed by atoms with Crippen LogP contribution in [0.4, 0.5) is 4.39 Å². The lowest BCUT2D eigenvalue weighted by Gasteiger charge is -2.21. The first-order chi connectivity index (χ1) is 12.1. The predicted molar refractivity (Wildman–Crippen MR) is 94.4 cm³/mol. The Labute approximate surface area is 147 Å². The minimum atomic E-state index is -0.433. The van der Waals surface area contributed by atoms with Crippen molar-refractivity contribution in [2.24, 2.45) is 5.73 Å². The topological polar surface area (TPSA) is 64.7 Å². The number of hydrogen-bond acceptors (Lipinski definition) is 4. The summed E-state index contributed by atoms with van der Waals surface area (Å²) in [7, 11) is 0. The SMILES string of the molecule is N[C@@]1(CO)CC[C@@H](c2ccc(OCCOc3ccc(F)cc3)cc2)C1. The Balaban J connectivity index is 1.44. The van der Waals surface area contributed by atoms with Gasteiger partial charge in [0.1, 0.15) is 30.5 Å². The van der Waals surface area contributed by atoms with Crippen LogP contribution >= 0.6 is 0 Å². The van der Waals surface area contributed by atoms with Gasteiger partial charge in [-0.2, -0.15) is 0 Å². The fourth-order valence-electron chi connectivity index (χ4n) is 3.27. The first-order valence-corrected chi connectivity index (χ1v) is 8.59. The molecule has 0 heterocycles. The molecule has 2 aromatic carbocycles. The largest absolute Gasteiger partial charge is 0.490 e. The Bertz CT molecular complexity index is 674. The van der Waals surface area contributed by atoms with E-state index in [1.165, 1.54) is 17.7 Å². The second kappa shape index (κ2) is 7.85. The first-order valence-electron chi connectivity index (χ1n) is 8.59. The summed E-state index contributed by atoms with van der Waals surface area (Å²) in [4.78, 5) is 0. The van der Waals surface area contributed by atoms with E-state index in [0.717, 1.165) is 25.0 Å². The Hall–Kier alpha value is -2.11. The highest BCUT2D eigenvalue weighted by Gasteiger charge is 2.35. The molecule has 0 aliphatic heterocycles. The first kappa shape index (κ1) is 17.7. The average Bonchev–Trinajstić information content (AvgIpc) is 3.04. The van der Waals surface area contributed by atoms with Crippen LogP contribution in [-0.2, 0) is 0 Å². The number of halogens is 1. The van der Waals surface area contributed by atoms with Gasteiger partial charge in [0.2, 0.25) is 0 Å². The normalized spacial score (nSPS) is 22.8. The van der Waals surface area contributed by atoms with Crippen LogP contribution in [0.1, 0.15) is 30.7 Å². The molecule has 4 nitrogen and oxygen atoms in total. The number of hydrogen-bond donors (Lipinski definition) is 2. The summed E-state index contributed by atoms with van der Waals surface area (Å²) >= 11 is 0. The summed E-state index contributed by atoms with van der Waals surface area (Å²) in [5, 5.41) is 9.38. The second-order valence-electron chi connectivity index (χ2n) is 6.68. The molecule has 1 saturated carbocycles. The van der Waals surface area contributed by atoms with Crippen molar-refractivity contribution in [3.05, 3.63) is 59.9 Å². The quantitative estimate of drug-likeness (QED) is 0.756. The molecule has 25 heavy (non-hydrogen) atoms. The number of benzene rings is 2. The van der Waals surface area contributed by atoms with Crippen molar-refractivity contribution in [1.82, 2.24) is 0 Å². The van der Waals surface area contributed by atoms with Gasteiger partial charge in [-0.05, 0) is 67.1 Å². The fourth-order valence-corrected chi connectivity index (χ4v) is 3.27. The smallest absolute Gasteiger partial charge is 0.123 e. The van der Waals surface area contributed by atoms with Gasteiger partial charge in [0.25, 0.3) is 0 Å². The van der Waals surface area contributed by atoms with Gasteiger partial charge >= 0.3 is 0 Å². The molecule has 1 fully saturated rings. The highest BCUT2D eigenvalue weighted by atomic mass is 19.1. The van der Waals surface area contributed by atoms with E-state index >= 15 is 0 Å². The summed E-state index contributed by atoms with van der Waals surface area (Å²) in [6, 6.07) is 13.9. The maximum atomic E-state index is 12.8. The van der Waals surface area contributed by atoms with Crippen molar-refractivity contribution in [3.8, 4) is 11.5 Å². The van der Waals surface area contributed by atoms with Gasteiger partial charge in [0.05, 0.1) is 6.61 Å². The van der Waals surface area contributed by atoms with Crippen LogP contribution in [0, 0.1) is 5.82 Å². The van der Waals surface area contributed by atoms with Crippen molar-refractivity contribution < 1.29 is 19.0 Å². The molecule has 2 atom stereocenters. The number of aliphatic hydroxyl groups excluding tert-OH is 1. The maximum absolute atomic E-state index is 12.8. The molecule has 1 aliphatic rings. The van der Waals surface area contributed by atoms with Crippen LogP contribution in [0.5, 0.6) is 11.5 Å². The maximum Gasteiger partial charge on any atom is 0.123 e. The molecule has 2 aromatic rings. The molecule has 0 saturated heterocycles. The van der Waals surface area contributed by atoms with E-state index in [-0.39, 0.29) is 12.4 Å². The highest BCUT2D eigenvalue weighted by Crippen LogP contribution is 2.39. The lowest BCUT2D eigenvalue weighted by molar-refractivity contribution is 0.198. The van der Waals surface area contributed by atoms with Gasteiger partial charge in [-0.3, -0.25) is 0 Å². The molecule has 1 aliphatic carbocycles. The molecule has 0 aromatic heterocycles. The molecule has 0 spiro atoms. The number of ether oxygens (including phenoxy) is 2. The minimum Gasteiger partial charge on any atom is -0.490 e. The fraction of sp³-hybridized carbons (Fsp3) is 0.400. The number of aliphatic hydroxyl groups is 1. The summed E-state index contributed by atoms with van der Waals surface area (Å²) < 4.78 is 24.0. The number of rotatable bonds is 7. The number of nitrogens with two attached hydrogens (primary N) is 1. The molecule has 3 rings (SSSR count). The third-order valence-electron chi connectivity index (χ3n) is 4.74.